The molecule has 3 aromatic rings. The third kappa shape index (κ3) is 3.13. The SMILES string of the molecule is COc1cccc(C2=CC(C)N(C(=O)c3ccccc3)c3ccccc32)c1. The Labute approximate surface area is 159 Å². The highest BCUT2D eigenvalue weighted by atomic mass is 16.5. The van der Waals surface area contributed by atoms with Gasteiger partial charge in [0.25, 0.3) is 5.91 Å². The number of ether oxygens (including phenoxy) is 1. The number of amides is 1. The highest BCUT2D eigenvalue weighted by Gasteiger charge is 2.29. The van der Waals surface area contributed by atoms with Crippen LogP contribution in [-0.2, 0) is 0 Å². The van der Waals surface area contributed by atoms with Crippen molar-refractivity contribution in [3.8, 4) is 5.75 Å². The fourth-order valence-electron chi connectivity index (χ4n) is 3.59. The Balaban J connectivity index is 1.81. The predicted molar refractivity (Wildman–Crippen MR) is 109 cm³/mol. The van der Waals surface area contributed by atoms with Gasteiger partial charge >= 0.3 is 0 Å². The van der Waals surface area contributed by atoms with Crippen LogP contribution in [0.1, 0.15) is 28.4 Å². The van der Waals surface area contributed by atoms with Crippen LogP contribution in [0.5, 0.6) is 5.75 Å². The first-order valence-electron chi connectivity index (χ1n) is 9.03. The molecule has 1 amide bonds. The first kappa shape index (κ1) is 17.1. The number of para-hydroxylation sites is 1. The van der Waals surface area contributed by atoms with Crippen molar-refractivity contribution in [2.45, 2.75) is 13.0 Å². The molecule has 0 N–H and O–H groups in total. The van der Waals surface area contributed by atoms with Gasteiger partial charge in [-0.25, -0.2) is 0 Å². The standard InChI is InChI=1S/C24H21NO2/c1-17-15-22(19-11-8-12-20(16-19)27-2)21-13-6-7-14-23(21)25(17)24(26)18-9-4-3-5-10-18/h3-17H,1-2H3. The molecular formula is C24H21NO2. The lowest BCUT2D eigenvalue weighted by Crippen LogP contribution is -2.40. The molecule has 0 saturated carbocycles. The lowest BCUT2D eigenvalue weighted by atomic mass is 9.90. The summed E-state index contributed by atoms with van der Waals surface area (Å²) in [6.07, 6.45) is 2.15. The Morgan fingerprint density at radius 2 is 1.67 bits per heavy atom. The van der Waals surface area contributed by atoms with Gasteiger partial charge in [0.15, 0.2) is 0 Å². The highest BCUT2D eigenvalue weighted by molar-refractivity contribution is 6.10. The number of methoxy groups -OCH3 is 1. The van der Waals surface area contributed by atoms with Crippen LogP contribution in [0.15, 0.2) is 84.9 Å². The van der Waals surface area contributed by atoms with Gasteiger partial charge in [-0.1, -0.05) is 54.6 Å². The molecule has 0 fully saturated rings. The summed E-state index contributed by atoms with van der Waals surface area (Å²) in [6.45, 7) is 2.05. The first-order chi connectivity index (χ1) is 13.2. The zero-order valence-electron chi connectivity index (χ0n) is 15.4. The van der Waals surface area contributed by atoms with Crippen molar-refractivity contribution in [1.82, 2.24) is 0 Å². The number of carbonyl (C=O) groups excluding carboxylic acids is 1. The average molecular weight is 355 g/mol. The summed E-state index contributed by atoms with van der Waals surface area (Å²) in [5.41, 5.74) is 4.87. The molecule has 134 valence electrons. The third-order valence-corrected chi connectivity index (χ3v) is 4.89. The van der Waals surface area contributed by atoms with Crippen molar-refractivity contribution in [3.05, 3.63) is 102 Å². The highest BCUT2D eigenvalue weighted by Crippen LogP contribution is 2.39. The van der Waals surface area contributed by atoms with Crippen LogP contribution in [-0.4, -0.2) is 19.1 Å². The van der Waals surface area contributed by atoms with E-state index in [1.165, 1.54) is 0 Å². The number of hydrogen-bond donors (Lipinski definition) is 0. The van der Waals surface area contributed by atoms with E-state index in [2.05, 4.69) is 25.1 Å². The van der Waals surface area contributed by atoms with Gasteiger partial charge in [-0.2, -0.15) is 0 Å². The van der Waals surface area contributed by atoms with E-state index in [1.54, 1.807) is 7.11 Å². The van der Waals surface area contributed by atoms with Crippen LogP contribution in [0.4, 0.5) is 5.69 Å². The fourth-order valence-corrected chi connectivity index (χ4v) is 3.59. The lowest BCUT2D eigenvalue weighted by Gasteiger charge is -2.34. The summed E-state index contributed by atoms with van der Waals surface area (Å²) in [5, 5.41) is 0. The fraction of sp³-hybridized carbons (Fsp3) is 0.125. The van der Waals surface area contributed by atoms with Gasteiger partial charge in [0.1, 0.15) is 5.75 Å². The van der Waals surface area contributed by atoms with Crippen molar-refractivity contribution >= 4 is 17.2 Å². The second-order valence-electron chi connectivity index (χ2n) is 6.61. The first-order valence-corrected chi connectivity index (χ1v) is 9.03. The number of rotatable bonds is 3. The number of nitrogens with zero attached hydrogens (tertiary/aromatic N) is 1. The second kappa shape index (κ2) is 7.12. The van der Waals surface area contributed by atoms with Gasteiger partial charge in [0, 0.05) is 11.1 Å². The zero-order chi connectivity index (χ0) is 18.8. The van der Waals surface area contributed by atoms with Crippen LogP contribution in [0.3, 0.4) is 0 Å². The number of benzene rings is 3. The smallest absolute Gasteiger partial charge is 0.258 e. The molecule has 3 nitrogen and oxygen atoms in total. The summed E-state index contributed by atoms with van der Waals surface area (Å²) in [7, 11) is 1.67. The Hall–Kier alpha value is -3.33. The van der Waals surface area contributed by atoms with Crippen LogP contribution >= 0.6 is 0 Å². The monoisotopic (exact) mass is 355 g/mol. The van der Waals surface area contributed by atoms with E-state index >= 15 is 0 Å². The van der Waals surface area contributed by atoms with Gasteiger partial charge in [-0.15, -0.1) is 0 Å². The van der Waals surface area contributed by atoms with E-state index in [4.69, 9.17) is 4.74 Å². The molecule has 1 unspecified atom stereocenters. The Morgan fingerprint density at radius 3 is 2.44 bits per heavy atom. The molecule has 0 aromatic heterocycles. The van der Waals surface area contributed by atoms with Gasteiger partial charge in [0.05, 0.1) is 18.8 Å². The van der Waals surface area contributed by atoms with Crippen LogP contribution in [0.25, 0.3) is 5.57 Å². The average Bonchev–Trinajstić information content (AvgIpc) is 2.73. The Bertz CT molecular complexity index is 1010. The number of carbonyl (C=O) groups is 1. The van der Waals surface area contributed by atoms with Crippen molar-refractivity contribution in [2.24, 2.45) is 0 Å². The van der Waals surface area contributed by atoms with Crippen LogP contribution in [0.2, 0.25) is 0 Å². The molecule has 1 heterocycles. The Kier molecular flexibility index (Phi) is 4.51. The van der Waals surface area contributed by atoms with Gasteiger partial charge in [0.2, 0.25) is 0 Å². The number of fused-ring (bicyclic) bond motifs is 1. The largest absolute Gasteiger partial charge is 0.497 e. The number of anilines is 1. The molecule has 0 aliphatic carbocycles. The predicted octanol–water partition coefficient (Wildman–Crippen LogP) is 5.18. The van der Waals surface area contributed by atoms with Crippen molar-refractivity contribution in [2.75, 3.05) is 12.0 Å². The van der Waals surface area contributed by atoms with E-state index < -0.39 is 0 Å². The van der Waals surface area contributed by atoms with Crippen molar-refractivity contribution < 1.29 is 9.53 Å². The summed E-state index contributed by atoms with van der Waals surface area (Å²) in [5.74, 6) is 0.831. The van der Waals surface area contributed by atoms with E-state index in [9.17, 15) is 4.79 Å². The van der Waals surface area contributed by atoms with E-state index in [0.29, 0.717) is 5.56 Å². The minimum absolute atomic E-state index is 0.0106. The van der Waals surface area contributed by atoms with E-state index in [-0.39, 0.29) is 11.9 Å². The third-order valence-electron chi connectivity index (χ3n) is 4.89. The molecule has 1 atom stereocenters. The topological polar surface area (TPSA) is 29.5 Å². The summed E-state index contributed by atoms with van der Waals surface area (Å²) >= 11 is 0. The minimum atomic E-state index is -0.0613. The molecule has 0 saturated heterocycles. The summed E-state index contributed by atoms with van der Waals surface area (Å²) in [4.78, 5) is 15.1. The van der Waals surface area contributed by atoms with Crippen molar-refractivity contribution in [1.29, 1.82) is 0 Å². The maximum Gasteiger partial charge on any atom is 0.258 e. The van der Waals surface area contributed by atoms with Crippen LogP contribution < -0.4 is 9.64 Å². The molecular weight excluding hydrogens is 334 g/mol. The maximum atomic E-state index is 13.2. The minimum Gasteiger partial charge on any atom is -0.497 e. The molecule has 4 rings (SSSR count). The van der Waals surface area contributed by atoms with E-state index in [0.717, 1.165) is 28.1 Å². The lowest BCUT2D eigenvalue weighted by molar-refractivity contribution is 0.0982. The molecule has 1 aliphatic heterocycles. The quantitative estimate of drug-likeness (QED) is 0.648. The van der Waals surface area contributed by atoms with Gasteiger partial charge < -0.3 is 9.64 Å². The molecule has 3 heteroatoms. The van der Waals surface area contributed by atoms with Crippen LogP contribution in [0, 0.1) is 0 Å². The molecule has 27 heavy (non-hydrogen) atoms. The normalized spacial score (nSPS) is 15.7. The van der Waals surface area contributed by atoms with E-state index in [1.807, 2.05) is 71.6 Å². The second-order valence-corrected chi connectivity index (χ2v) is 6.61. The number of hydrogen-bond acceptors (Lipinski definition) is 2. The zero-order valence-corrected chi connectivity index (χ0v) is 15.4. The molecule has 3 aromatic carbocycles. The molecule has 1 aliphatic rings. The maximum absolute atomic E-state index is 13.2. The summed E-state index contributed by atoms with van der Waals surface area (Å²) in [6, 6.07) is 25.5. The summed E-state index contributed by atoms with van der Waals surface area (Å²) < 4.78 is 5.39. The molecule has 0 spiro atoms. The van der Waals surface area contributed by atoms with Gasteiger partial charge in [-0.3, -0.25) is 4.79 Å². The van der Waals surface area contributed by atoms with Gasteiger partial charge in [-0.05, 0) is 48.4 Å². The molecule has 0 bridgehead atoms. The van der Waals surface area contributed by atoms with Crippen molar-refractivity contribution in [3.63, 3.8) is 0 Å². The Morgan fingerprint density at radius 1 is 0.926 bits per heavy atom. The molecule has 0 radical (unpaired) electrons.